The fourth-order valence-electron chi connectivity index (χ4n) is 3.60. The quantitative estimate of drug-likeness (QED) is 0.796. The lowest BCUT2D eigenvalue weighted by molar-refractivity contribution is -0.143. The van der Waals surface area contributed by atoms with Gasteiger partial charge >= 0.3 is 5.97 Å². The second-order valence-corrected chi connectivity index (χ2v) is 6.80. The van der Waals surface area contributed by atoms with E-state index in [-0.39, 0.29) is 5.76 Å². The molecule has 6 heteroatoms. The predicted molar refractivity (Wildman–Crippen MR) is 97.2 cm³/mol. The lowest BCUT2D eigenvalue weighted by Gasteiger charge is -2.25. The Morgan fingerprint density at radius 2 is 1.96 bits per heavy atom. The van der Waals surface area contributed by atoms with Crippen molar-refractivity contribution >= 4 is 22.8 Å². The molecule has 1 aliphatic carbocycles. The number of fused-ring (bicyclic) bond motifs is 1. The highest BCUT2D eigenvalue weighted by molar-refractivity contribution is 5.98. The van der Waals surface area contributed by atoms with Gasteiger partial charge in [-0.05, 0) is 36.6 Å². The van der Waals surface area contributed by atoms with Crippen LogP contribution in [0.3, 0.4) is 0 Å². The van der Waals surface area contributed by atoms with Gasteiger partial charge in [-0.3, -0.25) is 4.79 Å². The first-order valence-electron chi connectivity index (χ1n) is 9.07. The SMILES string of the molecule is COC(=O)C(CC1CCCCC1)NC(=O)c1cc2cc(OC)ccc2o1. The van der Waals surface area contributed by atoms with E-state index in [9.17, 15) is 9.59 Å². The predicted octanol–water partition coefficient (Wildman–Crippen LogP) is 3.68. The Morgan fingerprint density at radius 1 is 1.19 bits per heavy atom. The van der Waals surface area contributed by atoms with Crippen molar-refractivity contribution in [2.45, 2.75) is 44.6 Å². The standard InChI is InChI=1S/C20H25NO5/c1-24-15-8-9-17-14(11-15)12-18(26-17)19(22)21-16(20(23)25-2)10-13-6-4-3-5-7-13/h8-9,11-13,16H,3-7,10H2,1-2H3,(H,21,22). The van der Waals surface area contributed by atoms with Crippen LogP contribution in [0.15, 0.2) is 28.7 Å². The van der Waals surface area contributed by atoms with E-state index in [0.717, 1.165) is 18.2 Å². The molecule has 1 aromatic carbocycles. The summed E-state index contributed by atoms with van der Waals surface area (Å²) in [5.74, 6) is 0.474. The smallest absolute Gasteiger partial charge is 0.328 e. The number of methoxy groups -OCH3 is 2. The van der Waals surface area contributed by atoms with E-state index in [4.69, 9.17) is 13.9 Å². The van der Waals surface area contributed by atoms with Gasteiger partial charge in [0.1, 0.15) is 17.4 Å². The van der Waals surface area contributed by atoms with Gasteiger partial charge in [0.2, 0.25) is 0 Å². The molecule has 2 aromatic rings. The molecule has 1 heterocycles. The highest BCUT2D eigenvalue weighted by atomic mass is 16.5. The average Bonchev–Trinajstić information content (AvgIpc) is 3.11. The van der Waals surface area contributed by atoms with E-state index in [0.29, 0.717) is 23.7 Å². The minimum atomic E-state index is -0.654. The molecule has 1 unspecified atom stereocenters. The fraction of sp³-hybridized carbons (Fsp3) is 0.500. The van der Waals surface area contributed by atoms with Crippen LogP contribution in [-0.4, -0.2) is 32.1 Å². The van der Waals surface area contributed by atoms with Crippen molar-refractivity contribution in [1.82, 2.24) is 5.32 Å². The number of benzene rings is 1. The van der Waals surface area contributed by atoms with E-state index in [1.165, 1.54) is 26.4 Å². The zero-order valence-corrected chi connectivity index (χ0v) is 15.2. The zero-order chi connectivity index (χ0) is 18.5. The lowest BCUT2D eigenvalue weighted by atomic mass is 9.85. The van der Waals surface area contributed by atoms with Gasteiger partial charge in [-0.1, -0.05) is 32.1 Å². The number of furan rings is 1. The number of ether oxygens (including phenoxy) is 2. The third-order valence-corrected chi connectivity index (χ3v) is 5.03. The molecule has 0 saturated heterocycles. The van der Waals surface area contributed by atoms with Crippen molar-refractivity contribution in [3.63, 3.8) is 0 Å². The summed E-state index contributed by atoms with van der Waals surface area (Å²) in [6.07, 6.45) is 6.39. The van der Waals surface area contributed by atoms with Gasteiger partial charge in [0.05, 0.1) is 14.2 Å². The number of carbonyl (C=O) groups excluding carboxylic acids is 2. The Hall–Kier alpha value is -2.50. The van der Waals surface area contributed by atoms with Crippen LogP contribution in [0.2, 0.25) is 0 Å². The molecule has 1 N–H and O–H groups in total. The zero-order valence-electron chi connectivity index (χ0n) is 15.2. The molecule has 26 heavy (non-hydrogen) atoms. The second kappa shape index (κ2) is 8.25. The number of rotatable bonds is 6. The van der Waals surface area contributed by atoms with Gasteiger partial charge in [-0.25, -0.2) is 4.79 Å². The van der Waals surface area contributed by atoms with Crippen molar-refractivity contribution in [2.75, 3.05) is 14.2 Å². The Bertz CT molecular complexity index is 776. The lowest BCUT2D eigenvalue weighted by Crippen LogP contribution is -2.42. The van der Waals surface area contributed by atoms with Gasteiger partial charge in [0, 0.05) is 5.39 Å². The molecule has 1 fully saturated rings. The van der Waals surface area contributed by atoms with Crippen LogP contribution in [0, 0.1) is 5.92 Å². The molecule has 0 radical (unpaired) electrons. The molecule has 0 aliphatic heterocycles. The molecule has 1 saturated carbocycles. The second-order valence-electron chi connectivity index (χ2n) is 6.80. The summed E-state index contributed by atoms with van der Waals surface area (Å²) >= 11 is 0. The minimum absolute atomic E-state index is 0.172. The highest BCUT2D eigenvalue weighted by Crippen LogP contribution is 2.28. The molecular weight excluding hydrogens is 334 g/mol. The van der Waals surface area contributed by atoms with Gasteiger partial charge in [0.15, 0.2) is 5.76 Å². The van der Waals surface area contributed by atoms with Crippen molar-refractivity contribution < 1.29 is 23.5 Å². The third kappa shape index (κ3) is 4.18. The van der Waals surface area contributed by atoms with Crippen LogP contribution in [0.4, 0.5) is 0 Å². The maximum atomic E-state index is 12.6. The molecule has 1 aliphatic rings. The van der Waals surface area contributed by atoms with E-state index in [2.05, 4.69) is 5.32 Å². The van der Waals surface area contributed by atoms with E-state index in [1.807, 2.05) is 0 Å². The topological polar surface area (TPSA) is 77.8 Å². The molecular formula is C20H25NO5. The Kier molecular flexibility index (Phi) is 5.81. The molecule has 140 valence electrons. The summed E-state index contributed by atoms with van der Waals surface area (Å²) in [6, 6.07) is 6.33. The molecule has 1 amide bonds. The summed E-state index contributed by atoms with van der Waals surface area (Å²) < 4.78 is 15.7. The third-order valence-electron chi connectivity index (χ3n) is 5.03. The summed E-state index contributed by atoms with van der Waals surface area (Å²) in [6.45, 7) is 0. The fourth-order valence-corrected chi connectivity index (χ4v) is 3.60. The monoisotopic (exact) mass is 359 g/mol. The summed E-state index contributed by atoms with van der Waals surface area (Å²) in [5.41, 5.74) is 0.595. The molecule has 0 bridgehead atoms. The molecule has 1 aromatic heterocycles. The molecule has 0 spiro atoms. The number of amides is 1. The number of esters is 1. The number of hydrogen-bond donors (Lipinski definition) is 1. The summed E-state index contributed by atoms with van der Waals surface area (Å²) in [4.78, 5) is 24.7. The van der Waals surface area contributed by atoms with Crippen LogP contribution in [-0.2, 0) is 9.53 Å². The molecule has 3 rings (SSSR count). The van der Waals surface area contributed by atoms with Crippen molar-refractivity contribution in [3.8, 4) is 5.75 Å². The van der Waals surface area contributed by atoms with Gasteiger partial charge in [-0.2, -0.15) is 0 Å². The van der Waals surface area contributed by atoms with Gasteiger partial charge in [-0.15, -0.1) is 0 Å². The van der Waals surface area contributed by atoms with Crippen molar-refractivity contribution in [1.29, 1.82) is 0 Å². The maximum absolute atomic E-state index is 12.6. The van der Waals surface area contributed by atoms with E-state index >= 15 is 0 Å². The number of hydrogen-bond acceptors (Lipinski definition) is 5. The Labute approximate surface area is 152 Å². The number of nitrogens with one attached hydrogen (secondary N) is 1. The van der Waals surface area contributed by atoms with E-state index < -0.39 is 17.9 Å². The minimum Gasteiger partial charge on any atom is -0.497 e. The van der Waals surface area contributed by atoms with Gasteiger partial charge in [0.25, 0.3) is 5.91 Å². The van der Waals surface area contributed by atoms with Crippen molar-refractivity contribution in [2.24, 2.45) is 5.92 Å². The summed E-state index contributed by atoms with van der Waals surface area (Å²) in [5, 5.41) is 3.56. The maximum Gasteiger partial charge on any atom is 0.328 e. The van der Waals surface area contributed by atoms with Crippen LogP contribution in [0.25, 0.3) is 11.0 Å². The largest absolute Gasteiger partial charge is 0.497 e. The van der Waals surface area contributed by atoms with Crippen LogP contribution in [0.5, 0.6) is 5.75 Å². The normalized spacial score (nSPS) is 16.2. The first kappa shape index (κ1) is 18.3. The summed E-state index contributed by atoms with van der Waals surface area (Å²) in [7, 11) is 2.93. The first-order valence-corrected chi connectivity index (χ1v) is 9.07. The van der Waals surface area contributed by atoms with Crippen LogP contribution in [0.1, 0.15) is 49.1 Å². The van der Waals surface area contributed by atoms with Crippen molar-refractivity contribution in [3.05, 3.63) is 30.0 Å². The highest BCUT2D eigenvalue weighted by Gasteiger charge is 2.27. The van der Waals surface area contributed by atoms with Crippen LogP contribution < -0.4 is 10.1 Å². The van der Waals surface area contributed by atoms with Crippen LogP contribution >= 0.6 is 0 Å². The average molecular weight is 359 g/mol. The van der Waals surface area contributed by atoms with E-state index in [1.54, 1.807) is 31.4 Å². The first-order chi connectivity index (χ1) is 12.6. The Morgan fingerprint density at radius 3 is 2.65 bits per heavy atom. The Balaban J connectivity index is 1.72. The molecule has 6 nitrogen and oxygen atoms in total. The number of carbonyl (C=O) groups is 2. The molecule has 1 atom stereocenters. The van der Waals surface area contributed by atoms with Gasteiger partial charge < -0.3 is 19.2 Å².